The molecule has 1 saturated carbocycles. The molecule has 7 nitrogen and oxygen atoms in total. The number of aromatic nitrogens is 2. The van der Waals surface area contributed by atoms with Gasteiger partial charge in [0, 0.05) is 18.0 Å². The highest BCUT2D eigenvalue weighted by Crippen LogP contribution is 2.29. The van der Waals surface area contributed by atoms with Crippen LogP contribution in [0, 0.1) is 11.8 Å². The molecule has 1 aromatic heterocycles. The lowest BCUT2D eigenvalue weighted by Gasteiger charge is -2.34. The van der Waals surface area contributed by atoms with Crippen LogP contribution in [0.25, 0.3) is 10.8 Å². The van der Waals surface area contributed by atoms with E-state index in [1.807, 2.05) is 0 Å². The van der Waals surface area contributed by atoms with Crippen LogP contribution in [-0.4, -0.2) is 34.3 Å². The van der Waals surface area contributed by atoms with Gasteiger partial charge in [0.2, 0.25) is 0 Å². The van der Waals surface area contributed by atoms with Crippen molar-refractivity contribution >= 4 is 22.6 Å². The Morgan fingerprint density at radius 3 is 2.64 bits per heavy atom. The average molecular weight is 385 g/mol. The topological polar surface area (TPSA) is 90.3 Å². The maximum absolute atomic E-state index is 12.6. The number of nitrogens with zero attached hydrogens (tertiary/aromatic N) is 2. The minimum Gasteiger partial charge on any atom is -0.451 e. The molecule has 150 valence electrons. The van der Waals surface area contributed by atoms with Gasteiger partial charge in [0.15, 0.2) is 12.3 Å². The molecule has 1 heterocycles. The molecule has 1 N–H and O–H groups in total. The molecule has 7 heteroatoms. The van der Waals surface area contributed by atoms with Crippen LogP contribution < -0.4 is 10.9 Å². The molecule has 0 bridgehead atoms. The van der Waals surface area contributed by atoms with E-state index in [1.165, 1.54) is 11.1 Å². The van der Waals surface area contributed by atoms with Crippen LogP contribution in [0.5, 0.6) is 0 Å². The first-order valence-electron chi connectivity index (χ1n) is 9.88. The molecular weight excluding hydrogens is 358 g/mol. The van der Waals surface area contributed by atoms with Crippen molar-refractivity contribution in [2.24, 2.45) is 11.8 Å². The lowest BCUT2D eigenvalue weighted by atomic mass is 9.78. The van der Waals surface area contributed by atoms with E-state index in [0.29, 0.717) is 29.2 Å². The van der Waals surface area contributed by atoms with E-state index in [1.54, 1.807) is 31.2 Å². The Morgan fingerprint density at radius 1 is 1.21 bits per heavy atom. The van der Waals surface area contributed by atoms with Crippen LogP contribution in [0.4, 0.5) is 0 Å². The summed E-state index contributed by atoms with van der Waals surface area (Å²) in [5.41, 5.74) is -0.211. The molecule has 3 atom stereocenters. The Kier molecular flexibility index (Phi) is 6.11. The Bertz CT molecular complexity index is 937. The predicted molar refractivity (Wildman–Crippen MR) is 106 cm³/mol. The minimum atomic E-state index is -0.710. The summed E-state index contributed by atoms with van der Waals surface area (Å²) in [6, 6.07) is 6.88. The average Bonchev–Trinajstić information content (AvgIpc) is 2.70. The quantitative estimate of drug-likeness (QED) is 0.799. The largest absolute Gasteiger partial charge is 0.451 e. The van der Waals surface area contributed by atoms with Gasteiger partial charge in [-0.3, -0.25) is 9.59 Å². The van der Waals surface area contributed by atoms with Crippen LogP contribution >= 0.6 is 0 Å². The number of amides is 1. The van der Waals surface area contributed by atoms with Crippen molar-refractivity contribution in [1.29, 1.82) is 0 Å². The van der Waals surface area contributed by atoms with Crippen molar-refractivity contribution in [2.75, 3.05) is 6.61 Å². The molecule has 0 unspecified atom stereocenters. The van der Waals surface area contributed by atoms with Crippen LogP contribution in [0.1, 0.15) is 50.5 Å². The van der Waals surface area contributed by atoms with Gasteiger partial charge in [-0.2, -0.15) is 5.10 Å². The Labute approximate surface area is 164 Å². The van der Waals surface area contributed by atoms with Crippen molar-refractivity contribution in [3.05, 3.63) is 40.3 Å². The molecule has 0 saturated heterocycles. The van der Waals surface area contributed by atoms with Crippen LogP contribution in [-0.2, 0) is 16.1 Å². The molecule has 28 heavy (non-hydrogen) atoms. The summed E-state index contributed by atoms with van der Waals surface area (Å²) in [4.78, 5) is 37.2. The first kappa shape index (κ1) is 20.0. The maximum Gasteiger partial charge on any atom is 0.359 e. The third kappa shape index (κ3) is 4.08. The highest BCUT2D eigenvalue weighted by Gasteiger charge is 2.28. The summed E-state index contributed by atoms with van der Waals surface area (Å²) in [5, 5.41) is 7.95. The predicted octanol–water partition coefficient (Wildman–Crippen LogP) is 2.51. The van der Waals surface area contributed by atoms with Gasteiger partial charge < -0.3 is 10.1 Å². The molecule has 1 fully saturated rings. The van der Waals surface area contributed by atoms with Gasteiger partial charge in [-0.25, -0.2) is 9.48 Å². The highest BCUT2D eigenvalue weighted by atomic mass is 16.5. The zero-order valence-corrected chi connectivity index (χ0v) is 16.6. The molecule has 3 rings (SSSR count). The first-order valence-corrected chi connectivity index (χ1v) is 9.88. The highest BCUT2D eigenvalue weighted by molar-refractivity contribution is 6.02. The van der Waals surface area contributed by atoms with Crippen molar-refractivity contribution in [3.8, 4) is 0 Å². The van der Waals surface area contributed by atoms with E-state index >= 15 is 0 Å². The summed E-state index contributed by atoms with van der Waals surface area (Å²) in [6.45, 7) is 6.09. The summed E-state index contributed by atoms with van der Waals surface area (Å²) in [7, 11) is 0. The number of aryl methyl sites for hydroxylation is 1. The fourth-order valence-corrected chi connectivity index (χ4v) is 3.83. The van der Waals surface area contributed by atoms with Gasteiger partial charge in [-0.15, -0.1) is 0 Å². The number of benzene rings is 1. The van der Waals surface area contributed by atoms with Crippen LogP contribution in [0.2, 0.25) is 0 Å². The second-order valence-electron chi connectivity index (χ2n) is 7.53. The molecule has 1 aromatic carbocycles. The van der Waals surface area contributed by atoms with Gasteiger partial charge in [-0.05, 0) is 31.2 Å². The number of rotatable bonds is 5. The first-order chi connectivity index (χ1) is 13.4. The lowest BCUT2D eigenvalue weighted by molar-refractivity contribution is -0.125. The van der Waals surface area contributed by atoms with E-state index in [4.69, 9.17) is 4.74 Å². The van der Waals surface area contributed by atoms with Crippen LogP contribution in [0.3, 0.4) is 0 Å². The standard InChI is InChI=1S/C21H27N3O4/c1-4-24-20(26)16-10-6-5-9-15(16)19(23-24)21(27)28-12-18(25)22-17-11-7-8-13(2)14(17)3/h5-6,9-10,13-14,17H,4,7-8,11-12H2,1-3H3,(H,22,25)/t13-,14-,17+/m0/s1. The van der Waals surface area contributed by atoms with Crippen molar-refractivity contribution in [3.63, 3.8) is 0 Å². The number of nitrogens with one attached hydrogen (secondary N) is 1. The number of esters is 1. The second-order valence-corrected chi connectivity index (χ2v) is 7.53. The van der Waals surface area contributed by atoms with E-state index in [9.17, 15) is 14.4 Å². The van der Waals surface area contributed by atoms with Gasteiger partial charge in [-0.1, -0.05) is 44.9 Å². The fraction of sp³-hybridized carbons (Fsp3) is 0.524. The Morgan fingerprint density at radius 2 is 1.93 bits per heavy atom. The van der Waals surface area contributed by atoms with Crippen molar-refractivity contribution in [1.82, 2.24) is 15.1 Å². The number of carbonyl (C=O) groups is 2. The third-order valence-electron chi connectivity index (χ3n) is 5.75. The molecule has 0 radical (unpaired) electrons. The number of hydrogen-bond acceptors (Lipinski definition) is 5. The van der Waals surface area contributed by atoms with Gasteiger partial charge in [0.1, 0.15) is 0 Å². The van der Waals surface area contributed by atoms with E-state index in [0.717, 1.165) is 12.8 Å². The zero-order valence-electron chi connectivity index (χ0n) is 16.6. The van der Waals surface area contributed by atoms with E-state index < -0.39 is 5.97 Å². The Balaban J connectivity index is 1.71. The number of hydrogen-bond donors (Lipinski definition) is 1. The fourth-order valence-electron chi connectivity index (χ4n) is 3.83. The second kappa shape index (κ2) is 8.54. The molecule has 1 aliphatic rings. The normalized spacial score (nSPS) is 22.0. The molecule has 1 aliphatic carbocycles. The zero-order chi connectivity index (χ0) is 20.3. The number of ether oxygens (including phenoxy) is 1. The molecular formula is C21H27N3O4. The molecule has 0 aliphatic heterocycles. The maximum atomic E-state index is 12.6. The third-order valence-corrected chi connectivity index (χ3v) is 5.75. The summed E-state index contributed by atoms with van der Waals surface area (Å²) < 4.78 is 6.44. The molecule has 2 aromatic rings. The molecule has 0 spiro atoms. The summed E-state index contributed by atoms with van der Waals surface area (Å²) in [6.07, 6.45) is 3.21. The smallest absolute Gasteiger partial charge is 0.359 e. The minimum absolute atomic E-state index is 0.0458. The monoisotopic (exact) mass is 385 g/mol. The summed E-state index contributed by atoms with van der Waals surface area (Å²) in [5.74, 6) is -0.0644. The van der Waals surface area contributed by atoms with E-state index in [-0.39, 0.29) is 29.8 Å². The lowest BCUT2D eigenvalue weighted by Crippen LogP contribution is -2.45. The molecule has 1 amide bonds. The number of fused-ring (bicyclic) bond motifs is 1. The SMILES string of the molecule is CCn1nc(C(=O)OCC(=O)N[C@@H]2CCC[C@H](C)[C@@H]2C)c2ccccc2c1=O. The van der Waals surface area contributed by atoms with Crippen molar-refractivity contribution < 1.29 is 14.3 Å². The number of carbonyl (C=O) groups excluding carboxylic acids is 2. The van der Waals surface area contributed by atoms with Gasteiger partial charge in [0.05, 0.1) is 5.39 Å². The summed E-state index contributed by atoms with van der Waals surface area (Å²) >= 11 is 0. The van der Waals surface area contributed by atoms with Gasteiger partial charge in [0.25, 0.3) is 11.5 Å². The Hall–Kier alpha value is -2.70. The van der Waals surface area contributed by atoms with Crippen molar-refractivity contribution in [2.45, 2.75) is 52.6 Å². The van der Waals surface area contributed by atoms with E-state index in [2.05, 4.69) is 24.3 Å². The van der Waals surface area contributed by atoms with Gasteiger partial charge >= 0.3 is 5.97 Å². The van der Waals surface area contributed by atoms with Crippen LogP contribution in [0.15, 0.2) is 29.1 Å².